The molecule has 0 aliphatic rings. The normalized spacial score (nSPS) is 13.0. The van der Waals surface area contributed by atoms with Crippen LogP contribution in [0.25, 0.3) is 0 Å². The topological polar surface area (TPSA) is 26.2 Å². The molecule has 0 fully saturated rings. The van der Waals surface area contributed by atoms with Gasteiger partial charge in [-0.05, 0) is 24.6 Å². The van der Waals surface area contributed by atoms with Crippen LogP contribution in [0.15, 0.2) is 18.5 Å². The first-order valence-electron chi connectivity index (χ1n) is 5.69. The lowest BCUT2D eigenvalue weighted by molar-refractivity contribution is 0.131. The molecule has 0 aliphatic carbocycles. The highest BCUT2D eigenvalue weighted by molar-refractivity contribution is 5.15. The van der Waals surface area contributed by atoms with Crippen molar-refractivity contribution in [3.05, 3.63) is 24.0 Å². The van der Waals surface area contributed by atoms with Gasteiger partial charge in [0.1, 0.15) is 6.73 Å². The molecule has 0 spiro atoms. The predicted molar refractivity (Wildman–Crippen MR) is 62.8 cm³/mol. The van der Waals surface area contributed by atoms with E-state index in [1.165, 1.54) is 18.4 Å². The molecule has 1 unspecified atom stereocenters. The fraction of sp³-hybridized carbons (Fsp3) is 0.667. The van der Waals surface area contributed by atoms with E-state index >= 15 is 0 Å². The van der Waals surface area contributed by atoms with Crippen LogP contribution in [-0.4, -0.2) is 18.2 Å². The highest BCUT2D eigenvalue weighted by Gasteiger charge is 2.09. The van der Waals surface area contributed by atoms with Gasteiger partial charge >= 0.3 is 0 Å². The zero-order chi connectivity index (χ0) is 11.1. The molecule has 0 bridgehead atoms. The lowest BCUT2D eigenvalue weighted by Gasteiger charge is -2.15. The summed E-state index contributed by atoms with van der Waals surface area (Å²) in [7, 11) is 1.72. The van der Waals surface area contributed by atoms with E-state index in [1.807, 2.05) is 0 Å². The Hall–Kier alpha value is -0.800. The van der Waals surface area contributed by atoms with Gasteiger partial charge in [-0.1, -0.05) is 20.3 Å². The maximum atomic E-state index is 5.08. The first kappa shape index (κ1) is 12.3. The minimum Gasteiger partial charge on any atom is -0.364 e. The van der Waals surface area contributed by atoms with Gasteiger partial charge in [0.05, 0.1) is 0 Å². The Morgan fingerprint density at radius 3 is 2.87 bits per heavy atom. The SMILES string of the molecule is CCCC(NCC)c1ccn(COC)c1. The molecule has 0 aliphatic heterocycles. The van der Waals surface area contributed by atoms with E-state index in [2.05, 4.69) is 42.2 Å². The van der Waals surface area contributed by atoms with Gasteiger partial charge in [0.15, 0.2) is 0 Å². The van der Waals surface area contributed by atoms with Gasteiger partial charge < -0.3 is 14.6 Å². The molecule has 1 N–H and O–H groups in total. The number of aromatic nitrogens is 1. The minimum atomic E-state index is 0.484. The number of nitrogens with zero attached hydrogens (tertiary/aromatic N) is 1. The van der Waals surface area contributed by atoms with E-state index in [0.29, 0.717) is 12.8 Å². The number of hydrogen-bond acceptors (Lipinski definition) is 2. The Morgan fingerprint density at radius 1 is 1.47 bits per heavy atom. The summed E-state index contributed by atoms with van der Waals surface area (Å²) in [5.74, 6) is 0. The lowest BCUT2D eigenvalue weighted by atomic mass is 10.1. The van der Waals surface area contributed by atoms with Crippen molar-refractivity contribution >= 4 is 0 Å². The molecule has 1 aromatic heterocycles. The molecule has 0 aromatic carbocycles. The van der Waals surface area contributed by atoms with Crippen molar-refractivity contribution in [2.75, 3.05) is 13.7 Å². The monoisotopic (exact) mass is 210 g/mol. The molecule has 0 saturated carbocycles. The fourth-order valence-corrected chi connectivity index (χ4v) is 1.82. The molecule has 0 saturated heterocycles. The van der Waals surface area contributed by atoms with Crippen LogP contribution >= 0.6 is 0 Å². The quantitative estimate of drug-likeness (QED) is 0.748. The summed E-state index contributed by atoms with van der Waals surface area (Å²) in [6.07, 6.45) is 6.61. The molecule has 3 nitrogen and oxygen atoms in total. The third-order valence-corrected chi connectivity index (χ3v) is 2.48. The van der Waals surface area contributed by atoms with Crippen LogP contribution in [0.5, 0.6) is 0 Å². The molecule has 1 rings (SSSR count). The van der Waals surface area contributed by atoms with Crippen molar-refractivity contribution in [3.8, 4) is 0 Å². The highest BCUT2D eigenvalue weighted by Crippen LogP contribution is 2.18. The van der Waals surface area contributed by atoms with Gasteiger partial charge in [-0.15, -0.1) is 0 Å². The summed E-state index contributed by atoms with van der Waals surface area (Å²) < 4.78 is 7.15. The van der Waals surface area contributed by atoms with Gasteiger partial charge in [0.2, 0.25) is 0 Å². The molecule has 1 aromatic rings. The summed E-state index contributed by atoms with van der Waals surface area (Å²) in [4.78, 5) is 0. The molecule has 15 heavy (non-hydrogen) atoms. The Bertz CT molecular complexity index is 264. The van der Waals surface area contributed by atoms with Crippen molar-refractivity contribution in [2.45, 2.75) is 39.5 Å². The Kier molecular flexibility index (Phi) is 5.43. The van der Waals surface area contributed by atoms with Crippen molar-refractivity contribution in [2.24, 2.45) is 0 Å². The Balaban J connectivity index is 2.63. The lowest BCUT2D eigenvalue weighted by Crippen LogP contribution is -2.20. The van der Waals surface area contributed by atoms with Gasteiger partial charge in [0.25, 0.3) is 0 Å². The Morgan fingerprint density at radius 2 is 2.27 bits per heavy atom. The average Bonchev–Trinajstić information content (AvgIpc) is 2.67. The summed E-state index contributed by atoms with van der Waals surface area (Å²) in [6, 6.07) is 2.65. The van der Waals surface area contributed by atoms with Gasteiger partial charge in [-0.2, -0.15) is 0 Å². The number of nitrogens with one attached hydrogen (secondary N) is 1. The second-order valence-electron chi connectivity index (χ2n) is 3.78. The van der Waals surface area contributed by atoms with Crippen molar-refractivity contribution in [1.82, 2.24) is 9.88 Å². The molecule has 0 amide bonds. The highest BCUT2D eigenvalue weighted by atomic mass is 16.5. The maximum Gasteiger partial charge on any atom is 0.121 e. The van der Waals surface area contributed by atoms with Gasteiger partial charge in [-0.3, -0.25) is 0 Å². The van der Waals surface area contributed by atoms with Gasteiger partial charge in [0, 0.05) is 25.5 Å². The first-order valence-corrected chi connectivity index (χ1v) is 5.69. The average molecular weight is 210 g/mol. The van der Waals surface area contributed by atoms with Crippen molar-refractivity contribution in [3.63, 3.8) is 0 Å². The van der Waals surface area contributed by atoms with Crippen LogP contribution < -0.4 is 5.32 Å². The summed E-state index contributed by atoms with van der Waals surface area (Å²) in [6.45, 7) is 6.01. The largest absolute Gasteiger partial charge is 0.364 e. The fourth-order valence-electron chi connectivity index (χ4n) is 1.82. The van der Waals surface area contributed by atoms with E-state index in [4.69, 9.17) is 4.74 Å². The number of hydrogen-bond donors (Lipinski definition) is 1. The van der Waals surface area contributed by atoms with Crippen LogP contribution in [0.1, 0.15) is 38.3 Å². The van der Waals surface area contributed by atoms with Gasteiger partial charge in [-0.25, -0.2) is 0 Å². The summed E-state index contributed by atoms with van der Waals surface area (Å²) in [5, 5.41) is 3.50. The van der Waals surface area contributed by atoms with Crippen LogP contribution in [0.3, 0.4) is 0 Å². The van der Waals surface area contributed by atoms with E-state index in [0.717, 1.165) is 6.54 Å². The third-order valence-electron chi connectivity index (χ3n) is 2.48. The van der Waals surface area contributed by atoms with E-state index in [1.54, 1.807) is 7.11 Å². The standard InChI is InChI=1S/C12H22N2O/c1-4-6-12(13-5-2)11-7-8-14(9-11)10-15-3/h7-9,12-13H,4-6,10H2,1-3H3. The zero-order valence-corrected chi connectivity index (χ0v) is 9.99. The van der Waals surface area contributed by atoms with Crippen molar-refractivity contribution in [1.29, 1.82) is 0 Å². The third kappa shape index (κ3) is 3.68. The van der Waals surface area contributed by atoms with E-state index in [-0.39, 0.29) is 0 Å². The summed E-state index contributed by atoms with van der Waals surface area (Å²) >= 11 is 0. The van der Waals surface area contributed by atoms with Crippen LogP contribution in [0, 0.1) is 0 Å². The molecule has 0 radical (unpaired) electrons. The van der Waals surface area contributed by atoms with Crippen LogP contribution in [0.2, 0.25) is 0 Å². The smallest absolute Gasteiger partial charge is 0.121 e. The zero-order valence-electron chi connectivity index (χ0n) is 9.99. The molecule has 3 heteroatoms. The molecule has 1 atom stereocenters. The minimum absolute atomic E-state index is 0.484. The molecular weight excluding hydrogens is 188 g/mol. The second kappa shape index (κ2) is 6.64. The Labute approximate surface area is 92.4 Å². The van der Waals surface area contributed by atoms with Crippen LogP contribution in [0.4, 0.5) is 0 Å². The maximum absolute atomic E-state index is 5.08. The predicted octanol–water partition coefficient (Wildman–Crippen LogP) is 2.54. The molecule has 1 heterocycles. The number of methoxy groups -OCH3 is 1. The first-order chi connectivity index (χ1) is 7.31. The number of rotatable bonds is 7. The second-order valence-corrected chi connectivity index (χ2v) is 3.78. The van der Waals surface area contributed by atoms with Crippen LogP contribution in [-0.2, 0) is 11.5 Å². The molecular formula is C12H22N2O. The van der Waals surface area contributed by atoms with Crippen molar-refractivity contribution < 1.29 is 4.74 Å². The van der Waals surface area contributed by atoms with E-state index < -0.39 is 0 Å². The summed E-state index contributed by atoms with van der Waals surface area (Å²) in [5.41, 5.74) is 1.36. The van der Waals surface area contributed by atoms with E-state index in [9.17, 15) is 0 Å². The number of ether oxygens (including phenoxy) is 1. The molecule has 86 valence electrons.